The fourth-order valence-corrected chi connectivity index (χ4v) is 4.34. The number of aromatic nitrogens is 1. The van der Waals surface area contributed by atoms with Crippen molar-refractivity contribution in [3.8, 4) is 0 Å². The van der Waals surface area contributed by atoms with Gasteiger partial charge in [-0.25, -0.2) is 4.98 Å². The average Bonchev–Trinajstić information content (AvgIpc) is 2.59. The highest BCUT2D eigenvalue weighted by molar-refractivity contribution is 7.99. The lowest BCUT2D eigenvalue weighted by Gasteiger charge is -2.33. The standard InChI is InChI=1S/C20H26N2OS/c1-4-16-12-17-9-8-14(2)11-18(17)21-20(16)24-13-19(23)22-10-6-5-7-15(22)3/h8-9,11-12,15H,4-7,10,13H2,1-3H3/t15-/m0/s1. The van der Waals surface area contributed by atoms with Gasteiger partial charge in [0.05, 0.1) is 11.3 Å². The molecule has 1 aromatic carbocycles. The molecule has 24 heavy (non-hydrogen) atoms. The lowest BCUT2D eigenvalue weighted by Crippen LogP contribution is -2.42. The molecule has 0 N–H and O–H groups in total. The van der Waals surface area contributed by atoms with E-state index in [-0.39, 0.29) is 5.91 Å². The largest absolute Gasteiger partial charge is 0.339 e. The van der Waals surface area contributed by atoms with Gasteiger partial charge in [-0.15, -0.1) is 0 Å². The summed E-state index contributed by atoms with van der Waals surface area (Å²) >= 11 is 1.59. The van der Waals surface area contributed by atoms with Gasteiger partial charge in [0.15, 0.2) is 0 Å². The molecular weight excluding hydrogens is 316 g/mol. The third-order valence-electron chi connectivity index (χ3n) is 4.85. The van der Waals surface area contributed by atoms with Gasteiger partial charge in [0.2, 0.25) is 5.91 Å². The molecule has 2 aromatic rings. The Bertz CT molecular complexity index is 744. The minimum atomic E-state index is 0.250. The summed E-state index contributed by atoms with van der Waals surface area (Å²) < 4.78 is 0. The van der Waals surface area contributed by atoms with Crippen molar-refractivity contribution in [3.05, 3.63) is 35.4 Å². The normalized spacial score (nSPS) is 18.1. The van der Waals surface area contributed by atoms with E-state index in [0.29, 0.717) is 11.8 Å². The highest BCUT2D eigenvalue weighted by Crippen LogP contribution is 2.27. The monoisotopic (exact) mass is 342 g/mol. The average molecular weight is 343 g/mol. The third-order valence-corrected chi connectivity index (χ3v) is 5.87. The van der Waals surface area contributed by atoms with Crippen LogP contribution >= 0.6 is 11.8 Å². The maximum Gasteiger partial charge on any atom is 0.233 e. The number of aryl methyl sites for hydroxylation is 2. The fraction of sp³-hybridized carbons (Fsp3) is 0.500. The van der Waals surface area contributed by atoms with Crippen molar-refractivity contribution < 1.29 is 4.79 Å². The molecule has 0 radical (unpaired) electrons. The molecule has 128 valence electrons. The first-order valence-electron chi connectivity index (χ1n) is 8.91. The van der Waals surface area contributed by atoms with E-state index in [1.54, 1.807) is 11.8 Å². The number of fused-ring (bicyclic) bond motifs is 1. The van der Waals surface area contributed by atoms with E-state index >= 15 is 0 Å². The molecule has 4 heteroatoms. The molecule has 1 saturated heterocycles. The van der Waals surface area contributed by atoms with Crippen LogP contribution in [0.15, 0.2) is 29.3 Å². The van der Waals surface area contributed by atoms with Crippen molar-refractivity contribution in [2.75, 3.05) is 12.3 Å². The van der Waals surface area contributed by atoms with Gasteiger partial charge in [0.25, 0.3) is 0 Å². The van der Waals surface area contributed by atoms with E-state index in [1.165, 1.54) is 22.9 Å². The molecule has 1 aliphatic rings. The van der Waals surface area contributed by atoms with Gasteiger partial charge < -0.3 is 4.90 Å². The number of likely N-dealkylation sites (tertiary alicyclic amines) is 1. The van der Waals surface area contributed by atoms with Crippen molar-refractivity contribution in [3.63, 3.8) is 0 Å². The molecular formula is C20H26N2OS. The van der Waals surface area contributed by atoms with Crippen LogP contribution in [0.2, 0.25) is 0 Å². The number of hydrogen-bond acceptors (Lipinski definition) is 3. The molecule has 1 atom stereocenters. The second-order valence-corrected chi connectivity index (χ2v) is 7.69. The molecule has 1 aliphatic heterocycles. The summed E-state index contributed by atoms with van der Waals surface area (Å²) in [6.07, 6.45) is 4.44. The molecule has 0 saturated carbocycles. The van der Waals surface area contributed by atoms with Crippen LogP contribution in [0.3, 0.4) is 0 Å². The Kier molecular flexibility index (Phi) is 5.44. The summed E-state index contributed by atoms with van der Waals surface area (Å²) in [5.74, 6) is 0.738. The number of thioether (sulfide) groups is 1. The van der Waals surface area contributed by atoms with Crippen molar-refractivity contribution in [2.24, 2.45) is 0 Å². The second kappa shape index (κ2) is 7.56. The van der Waals surface area contributed by atoms with Gasteiger partial charge >= 0.3 is 0 Å². The Balaban J connectivity index is 1.77. The van der Waals surface area contributed by atoms with E-state index in [1.807, 2.05) is 4.90 Å². The molecule has 2 heterocycles. The number of benzene rings is 1. The van der Waals surface area contributed by atoms with Crippen LogP contribution in [0.4, 0.5) is 0 Å². The van der Waals surface area contributed by atoms with Gasteiger partial charge in [-0.2, -0.15) is 0 Å². The first-order chi connectivity index (χ1) is 11.6. The van der Waals surface area contributed by atoms with Gasteiger partial charge in [0.1, 0.15) is 5.03 Å². The van der Waals surface area contributed by atoms with Crippen molar-refractivity contribution in [2.45, 2.75) is 57.5 Å². The van der Waals surface area contributed by atoms with Crippen LogP contribution in [0, 0.1) is 6.92 Å². The molecule has 0 bridgehead atoms. The maximum atomic E-state index is 12.6. The Morgan fingerprint density at radius 1 is 1.33 bits per heavy atom. The van der Waals surface area contributed by atoms with Gasteiger partial charge in [-0.05, 0) is 62.8 Å². The summed E-state index contributed by atoms with van der Waals surface area (Å²) in [5, 5.41) is 2.19. The minimum Gasteiger partial charge on any atom is -0.339 e. The number of piperidine rings is 1. The molecule has 1 amide bonds. The number of hydrogen-bond donors (Lipinski definition) is 0. The highest BCUT2D eigenvalue weighted by atomic mass is 32.2. The van der Waals surface area contributed by atoms with Gasteiger partial charge in [-0.3, -0.25) is 4.79 Å². The van der Waals surface area contributed by atoms with Gasteiger partial charge in [0, 0.05) is 18.0 Å². The zero-order valence-electron chi connectivity index (χ0n) is 14.8. The molecule has 1 fully saturated rings. The van der Waals surface area contributed by atoms with E-state index in [9.17, 15) is 4.79 Å². The molecule has 3 nitrogen and oxygen atoms in total. The highest BCUT2D eigenvalue weighted by Gasteiger charge is 2.23. The summed E-state index contributed by atoms with van der Waals surface area (Å²) in [6.45, 7) is 7.31. The third kappa shape index (κ3) is 3.75. The number of rotatable bonds is 4. The Morgan fingerprint density at radius 3 is 2.92 bits per heavy atom. The second-order valence-electron chi connectivity index (χ2n) is 6.72. The molecule has 0 spiro atoms. The lowest BCUT2D eigenvalue weighted by atomic mass is 10.0. The topological polar surface area (TPSA) is 33.2 Å². The number of carbonyl (C=O) groups excluding carboxylic acids is 1. The summed E-state index contributed by atoms with van der Waals surface area (Å²) in [4.78, 5) is 19.5. The molecule has 3 rings (SSSR count). The summed E-state index contributed by atoms with van der Waals surface area (Å²) in [7, 11) is 0. The van der Waals surface area contributed by atoms with Crippen LogP contribution in [0.25, 0.3) is 10.9 Å². The van der Waals surface area contributed by atoms with E-state index < -0.39 is 0 Å². The molecule has 0 aliphatic carbocycles. The maximum absolute atomic E-state index is 12.6. The molecule has 1 aromatic heterocycles. The van der Waals surface area contributed by atoms with E-state index in [4.69, 9.17) is 4.98 Å². The Hall–Kier alpha value is -1.55. The van der Waals surface area contributed by atoms with Crippen LogP contribution in [0.1, 0.15) is 44.2 Å². The molecule has 0 unspecified atom stereocenters. The van der Waals surface area contributed by atoms with Crippen LogP contribution in [-0.4, -0.2) is 34.1 Å². The minimum absolute atomic E-state index is 0.250. The fourth-order valence-electron chi connectivity index (χ4n) is 3.36. The quantitative estimate of drug-likeness (QED) is 0.762. The first kappa shape index (κ1) is 17.3. The lowest BCUT2D eigenvalue weighted by molar-refractivity contribution is -0.131. The Morgan fingerprint density at radius 2 is 2.17 bits per heavy atom. The summed E-state index contributed by atoms with van der Waals surface area (Å²) in [5.41, 5.74) is 3.47. The Labute approximate surface area is 148 Å². The number of carbonyl (C=O) groups is 1. The zero-order chi connectivity index (χ0) is 17.1. The van der Waals surface area contributed by atoms with Crippen LogP contribution < -0.4 is 0 Å². The van der Waals surface area contributed by atoms with Crippen molar-refractivity contribution in [1.82, 2.24) is 9.88 Å². The number of nitrogens with zero attached hydrogens (tertiary/aromatic N) is 2. The van der Waals surface area contributed by atoms with Gasteiger partial charge in [-0.1, -0.05) is 30.8 Å². The predicted octanol–water partition coefficient (Wildman–Crippen LogP) is 4.60. The number of pyridine rings is 1. The van der Waals surface area contributed by atoms with Crippen molar-refractivity contribution >= 4 is 28.6 Å². The summed E-state index contributed by atoms with van der Waals surface area (Å²) in [6, 6.07) is 8.97. The smallest absolute Gasteiger partial charge is 0.233 e. The van der Waals surface area contributed by atoms with Crippen LogP contribution in [-0.2, 0) is 11.2 Å². The SMILES string of the molecule is CCc1cc2ccc(C)cc2nc1SCC(=O)N1CCCC[C@@H]1C. The van der Waals surface area contributed by atoms with E-state index in [2.05, 4.69) is 45.0 Å². The zero-order valence-corrected chi connectivity index (χ0v) is 15.7. The van der Waals surface area contributed by atoms with Crippen LogP contribution in [0.5, 0.6) is 0 Å². The van der Waals surface area contributed by atoms with Crippen molar-refractivity contribution in [1.29, 1.82) is 0 Å². The number of amides is 1. The van der Waals surface area contributed by atoms with E-state index in [0.717, 1.165) is 36.3 Å². The first-order valence-corrected chi connectivity index (χ1v) is 9.89. The predicted molar refractivity (Wildman–Crippen MR) is 102 cm³/mol.